The van der Waals surface area contributed by atoms with Gasteiger partial charge in [-0.05, 0) is 31.2 Å². The van der Waals surface area contributed by atoms with E-state index in [1.807, 2.05) is 66.7 Å². The Bertz CT molecular complexity index is 1140. The fourth-order valence-corrected chi connectivity index (χ4v) is 3.09. The van der Waals surface area contributed by atoms with Gasteiger partial charge in [0.1, 0.15) is 11.0 Å². The second kappa shape index (κ2) is 6.92. The Morgan fingerprint density at radius 2 is 1.74 bits per heavy atom. The number of rotatable bonds is 3. The first-order valence-corrected chi connectivity index (χ1v) is 8.70. The predicted molar refractivity (Wildman–Crippen MR) is 106 cm³/mol. The van der Waals surface area contributed by atoms with Crippen molar-refractivity contribution in [2.75, 3.05) is 17.7 Å². The SMILES string of the molecule is CCOC(=O)Nc1ccc2nc3ccc(N)cc3[n+](-c3ccccc3)c2c1. The van der Waals surface area contributed by atoms with Crippen LogP contribution in [0.5, 0.6) is 0 Å². The van der Waals surface area contributed by atoms with Crippen LogP contribution in [0.4, 0.5) is 16.2 Å². The highest BCUT2D eigenvalue weighted by atomic mass is 16.5. The molecule has 134 valence electrons. The quantitative estimate of drug-likeness (QED) is 0.331. The molecule has 0 aliphatic rings. The molecule has 0 unspecified atom stereocenters. The van der Waals surface area contributed by atoms with Gasteiger partial charge in [0.15, 0.2) is 0 Å². The van der Waals surface area contributed by atoms with Gasteiger partial charge in [-0.1, -0.05) is 18.2 Å². The maximum atomic E-state index is 11.8. The van der Waals surface area contributed by atoms with Crippen molar-refractivity contribution in [3.63, 3.8) is 0 Å². The molecule has 0 aliphatic heterocycles. The Labute approximate surface area is 156 Å². The average Bonchev–Trinajstić information content (AvgIpc) is 2.67. The summed E-state index contributed by atoms with van der Waals surface area (Å²) in [4.78, 5) is 16.5. The van der Waals surface area contributed by atoms with Crippen molar-refractivity contribution in [3.8, 4) is 5.69 Å². The van der Waals surface area contributed by atoms with E-state index in [1.54, 1.807) is 6.92 Å². The molecule has 6 nitrogen and oxygen atoms in total. The van der Waals surface area contributed by atoms with E-state index in [0.717, 1.165) is 27.8 Å². The fraction of sp³-hybridized carbons (Fsp3) is 0.0952. The van der Waals surface area contributed by atoms with Crippen LogP contribution >= 0.6 is 0 Å². The Morgan fingerprint density at radius 1 is 1.04 bits per heavy atom. The van der Waals surface area contributed by atoms with E-state index in [0.29, 0.717) is 18.0 Å². The Kier molecular flexibility index (Phi) is 4.30. The number of amides is 1. The van der Waals surface area contributed by atoms with Crippen molar-refractivity contribution in [3.05, 3.63) is 66.7 Å². The molecule has 0 radical (unpaired) electrons. The van der Waals surface area contributed by atoms with Crippen LogP contribution in [0, 0.1) is 0 Å². The van der Waals surface area contributed by atoms with Gasteiger partial charge in [0, 0.05) is 30.0 Å². The summed E-state index contributed by atoms with van der Waals surface area (Å²) < 4.78 is 7.06. The van der Waals surface area contributed by atoms with E-state index in [1.165, 1.54) is 0 Å². The van der Waals surface area contributed by atoms with Crippen LogP contribution in [-0.2, 0) is 4.74 Å². The Morgan fingerprint density at radius 3 is 2.48 bits per heavy atom. The summed E-state index contributed by atoms with van der Waals surface area (Å²) in [6.07, 6.45) is -0.485. The molecular weight excluding hydrogens is 340 g/mol. The van der Waals surface area contributed by atoms with Crippen LogP contribution in [0.3, 0.4) is 0 Å². The zero-order chi connectivity index (χ0) is 18.8. The van der Waals surface area contributed by atoms with Gasteiger partial charge in [0.05, 0.1) is 12.3 Å². The van der Waals surface area contributed by atoms with Crippen LogP contribution in [0.25, 0.3) is 27.8 Å². The summed E-state index contributed by atoms with van der Waals surface area (Å²) in [7, 11) is 0. The van der Waals surface area contributed by atoms with E-state index < -0.39 is 6.09 Å². The van der Waals surface area contributed by atoms with Gasteiger partial charge in [0.25, 0.3) is 0 Å². The summed E-state index contributed by atoms with van der Waals surface area (Å²) in [5.74, 6) is 0. The van der Waals surface area contributed by atoms with E-state index in [9.17, 15) is 4.79 Å². The highest BCUT2D eigenvalue weighted by Gasteiger charge is 2.20. The number of benzene rings is 3. The highest BCUT2D eigenvalue weighted by Crippen LogP contribution is 2.22. The number of fused-ring (bicyclic) bond motifs is 2. The van der Waals surface area contributed by atoms with E-state index >= 15 is 0 Å². The number of aromatic nitrogens is 2. The molecule has 0 spiro atoms. The van der Waals surface area contributed by atoms with Crippen molar-refractivity contribution in [2.24, 2.45) is 0 Å². The zero-order valence-electron chi connectivity index (χ0n) is 14.8. The van der Waals surface area contributed by atoms with Crippen LogP contribution in [0.2, 0.25) is 0 Å². The zero-order valence-corrected chi connectivity index (χ0v) is 14.8. The smallest absolute Gasteiger partial charge is 0.411 e. The minimum absolute atomic E-state index is 0.314. The monoisotopic (exact) mass is 359 g/mol. The molecule has 0 fully saturated rings. The van der Waals surface area contributed by atoms with E-state index in [-0.39, 0.29) is 0 Å². The number of nitrogens with one attached hydrogen (secondary N) is 1. The predicted octanol–water partition coefficient (Wildman–Crippen LogP) is 3.82. The van der Waals surface area contributed by atoms with Crippen molar-refractivity contribution < 1.29 is 14.1 Å². The fourth-order valence-electron chi connectivity index (χ4n) is 3.09. The minimum atomic E-state index is -0.485. The molecule has 1 aromatic heterocycles. The summed E-state index contributed by atoms with van der Waals surface area (Å²) in [6, 6.07) is 21.2. The van der Waals surface area contributed by atoms with Gasteiger partial charge >= 0.3 is 6.09 Å². The third kappa shape index (κ3) is 3.25. The molecule has 6 heteroatoms. The molecule has 0 saturated carbocycles. The highest BCUT2D eigenvalue weighted by molar-refractivity contribution is 5.90. The summed E-state index contributed by atoms with van der Waals surface area (Å²) >= 11 is 0. The molecule has 0 bridgehead atoms. The lowest BCUT2D eigenvalue weighted by Crippen LogP contribution is -2.33. The molecule has 0 saturated heterocycles. The lowest BCUT2D eigenvalue weighted by Gasteiger charge is -2.08. The first-order chi connectivity index (χ1) is 13.2. The number of nitrogen functional groups attached to an aromatic ring is 1. The van der Waals surface area contributed by atoms with Gasteiger partial charge in [-0.15, -0.1) is 4.57 Å². The molecule has 0 atom stereocenters. The summed E-state index contributed by atoms with van der Waals surface area (Å²) in [6.45, 7) is 2.08. The topological polar surface area (TPSA) is 81.1 Å². The number of para-hydroxylation sites is 1. The maximum absolute atomic E-state index is 11.8. The van der Waals surface area contributed by atoms with Gasteiger partial charge in [0.2, 0.25) is 16.7 Å². The number of carbonyl (C=O) groups is 1. The lowest BCUT2D eigenvalue weighted by molar-refractivity contribution is -0.538. The molecule has 0 aliphatic carbocycles. The number of nitrogens with zero attached hydrogens (tertiary/aromatic N) is 2. The van der Waals surface area contributed by atoms with Crippen molar-refractivity contribution in [1.82, 2.24) is 4.98 Å². The first-order valence-electron chi connectivity index (χ1n) is 8.70. The molecule has 1 heterocycles. The van der Waals surface area contributed by atoms with Crippen LogP contribution in [0.15, 0.2) is 66.7 Å². The molecular formula is C21H19N4O2+. The van der Waals surface area contributed by atoms with Gasteiger partial charge in [-0.2, -0.15) is 0 Å². The minimum Gasteiger partial charge on any atom is -0.450 e. The second-order valence-electron chi connectivity index (χ2n) is 6.08. The number of ether oxygens (including phenoxy) is 1. The first kappa shape index (κ1) is 16.8. The van der Waals surface area contributed by atoms with Gasteiger partial charge in [-0.25, -0.2) is 9.78 Å². The maximum Gasteiger partial charge on any atom is 0.411 e. The van der Waals surface area contributed by atoms with Gasteiger partial charge in [-0.3, -0.25) is 5.32 Å². The van der Waals surface area contributed by atoms with Crippen LogP contribution in [-0.4, -0.2) is 17.7 Å². The largest absolute Gasteiger partial charge is 0.450 e. The van der Waals surface area contributed by atoms with Crippen molar-refractivity contribution >= 4 is 39.5 Å². The number of hydrogen-bond donors (Lipinski definition) is 2. The van der Waals surface area contributed by atoms with Crippen molar-refractivity contribution in [1.29, 1.82) is 0 Å². The Balaban J connectivity index is 1.99. The molecule has 27 heavy (non-hydrogen) atoms. The normalized spacial score (nSPS) is 10.9. The lowest BCUT2D eigenvalue weighted by atomic mass is 10.2. The van der Waals surface area contributed by atoms with Crippen LogP contribution < -0.4 is 15.6 Å². The number of anilines is 2. The van der Waals surface area contributed by atoms with Crippen LogP contribution in [0.1, 0.15) is 6.92 Å². The molecule has 1 amide bonds. The standard InChI is InChI=1S/C21H18N4O2/c1-2-27-21(26)23-15-9-11-18-20(13-15)25(16-6-4-3-5-7-16)19-12-14(22)8-10-17(19)24-18/h3-13H,2H2,1H3,(H2,22,23,26)/p+1. The number of carbonyl (C=O) groups excluding carboxylic acids is 1. The molecule has 3 aromatic carbocycles. The second-order valence-corrected chi connectivity index (χ2v) is 6.08. The van der Waals surface area contributed by atoms with E-state index in [2.05, 4.69) is 9.88 Å². The average molecular weight is 359 g/mol. The van der Waals surface area contributed by atoms with E-state index in [4.69, 9.17) is 15.5 Å². The molecule has 4 aromatic rings. The molecule has 4 rings (SSSR count). The van der Waals surface area contributed by atoms with Gasteiger partial charge < -0.3 is 10.5 Å². The Hall–Kier alpha value is -3.67. The third-order valence-electron chi connectivity index (χ3n) is 4.23. The number of nitrogens with two attached hydrogens (primary N) is 1. The molecule has 3 N–H and O–H groups in total. The van der Waals surface area contributed by atoms with Crippen molar-refractivity contribution in [2.45, 2.75) is 6.92 Å². The summed E-state index contributed by atoms with van der Waals surface area (Å²) in [5, 5.41) is 2.75. The number of hydrogen-bond acceptors (Lipinski definition) is 4. The summed E-state index contributed by atoms with van der Waals surface area (Å²) in [5.41, 5.74) is 11.7. The third-order valence-corrected chi connectivity index (χ3v) is 4.23.